The number of hydrogen-bond donors (Lipinski definition) is 0. The van der Waals surface area contributed by atoms with Crippen molar-refractivity contribution in [3.8, 4) is 5.75 Å². The third kappa shape index (κ3) is 2.03. The van der Waals surface area contributed by atoms with Gasteiger partial charge in [-0.2, -0.15) is 0 Å². The van der Waals surface area contributed by atoms with Crippen LogP contribution in [0.25, 0.3) is 21.9 Å². The summed E-state index contributed by atoms with van der Waals surface area (Å²) in [5.41, 5.74) is 1.83. The Hall–Kier alpha value is -2.69. The van der Waals surface area contributed by atoms with E-state index in [0.29, 0.717) is 11.2 Å². The van der Waals surface area contributed by atoms with Crippen molar-refractivity contribution in [3.05, 3.63) is 42.1 Å². The number of rotatable bonds is 2. The molecule has 2 heterocycles. The van der Waals surface area contributed by atoms with Gasteiger partial charge in [0.05, 0.1) is 25.3 Å². The van der Waals surface area contributed by atoms with Gasteiger partial charge in [-0.1, -0.05) is 0 Å². The van der Waals surface area contributed by atoms with E-state index >= 15 is 0 Å². The average molecular weight is 268 g/mol. The molecule has 0 unspecified atom stereocenters. The van der Waals surface area contributed by atoms with Crippen molar-refractivity contribution in [2.45, 2.75) is 0 Å². The van der Waals surface area contributed by atoms with Crippen LogP contribution in [0.4, 0.5) is 0 Å². The maximum atomic E-state index is 11.5. The number of esters is 1. The second-order valence-corrected chi connectivity index (χ2v) is 4.31. The minimum absolute atomic E-state index is 0.407. The third-order valence-corrected chi connectivity index (χ3v) is 3.09. The lowest BCUT2D eigenvalue weighted by Gasteiger charge is -2.05. The van der Waals surface area contributed by atoms with Crippen LogP contribution in [0, 0.1) is 0 Å². The number of methoxy groups -OCH3 is 2. The number of benzene rings is 1. The SMILES string of the molecule is COC(=O)c1cnc2nc3ccc(OC)cc3cc2c1. The fourth-order valence-electron chi connectivity index (χ4n) is 2.06. The van der Waals surface area contributed by atoms with E-state index in [1.54, 1.807) is 13.2 Å². The van der Waals surface area contributed by atoms with Crippen LogP contribution in [0.15, 0.2) is 36.5 Å². The van der Waals surface area contributed by atoms with Gasteiger partial charge in [0, 0.05) is 17.0 Å². The summed E-state index contributed by atoms with van der Waals surface area (Å²) >= 11 is 0. The number of aromatic nitrogens is 2. The smallest absolute Gasteiger partial charge is 0.339 e. The minimum atomic E-state index is -0.412. The second kappa shape index (κ2) is 4.77. The molecule has 2 aromatic heterocycles. The van der Waals surface area contributed by atoms with Gasteiger partial charge in [-0.3, -0.25) is 0 Å². The Kier molecular flexibility index (Phi) is 2.95. The van der Waals surface area contributed by atoms with Crippen LogP contribution in [0.2, 0.25) is 0 Å². The molecule has 0 amide bonds. The summed E-state index contributed by atoms with van der Waals surface area (Å²) in [6.45, 7) is 0. The maximum Gasteiger partial charge on any atom is 0.339 e. The summed E-state index contributed by atoms with van der Waals surface area (Å²) in [5.74, 6) is 0.348. The normalized spacial score (nSPS) is 10.7. The van der Waals surface area contributed by atoms with Gasteiger partial charge >= 0.3 is 5.97 Å². The topological polar surface area (TPSA) is 61.3 Å². The van der Waals surface area contributed by atoms with Gasteiger partial charge in [-0.25, -0.2) is 14.8 Å². The van der Waals surface area contributed by atoms with Crippen molar-refractivity contribution in [2.24, 2.45) is 0 Å². The molecule has 3 aromatic rings. The summed E-state index contributed by atoms with van der Waals surface area (Å²) in [7, 11) is 2.96. The number of hydrogen-bond acceptors (Lipinski definition) is 5. The molecule has 5 heteroatoms. The highest BCUT2D eigenvalue weighted by atomic mass is 16.5. The summed E-state index contributed by atoms with van der Waals surface area (Å²) in [6.07, 6.45) is 1.47. The molecular formula is C15H12N2O3. The van der Waals surface area contributed by atoms with Crippen LogP contribution in [0.1, 0.15) is 10.4 Å². The Balaban J connectivity index is 2.23. The fourth-order valence-corrected chi connectivity index (χ4v) is 2.06. The first kappa shape index (κ1) is 12.3. The van der Waals surface area contributed by atoms with Crippen molar-refractivity contribution < 1.29 is 14.3 Å². The molecule has 0 aliphatic heterocycles. The first-order valence-corrected chi connectivity index (χ1v) is 6.04. The summed E-state index contributed by atoms with van der Waals surface area (Å²) < 4.78 is 9.89. The molecule has 0 radical (unpaired) electrons. The van der Waals surface area contributed by atoms with Gasteiger partial charge < -0.3 is 9.47 Å². The predicted molar refractivity (Wildman–Crippen MR) is 74.9 cm³/mol. The van der Waals surface area contributed by atoms with Crippen LogP contribution < -0.4 is 4.74 Å². The highest BCUT2D eigenvalue weighted by Gasteiger charge is 2.08. The van der Waals surface area contributed by atoms with Crippen LogP contribution >= 0.6 is 0 Å². The van der Waals surface area contributed by atoms with Crippen molar-refractivity contribution in [3.63, 3.8) is 0 Å². The molecule has 100 valence electrons. The number of pyridine rings is 2. The van der Waals surface area contributed by atoms with E-state index < -0.39 is 5.97 Å². The minimum Gasteiger partial charge on any atom is -0.497 e. The van der Waals surface area contributed by atoms with Gasteiger partial charge in [0.15, 0.2) is 5.65 Å². The Morgan fingerprint density at radius 2 is 1.95 bits per heavy atom. The first-order chi connectivity index (χ1) is 9.71. The number of carbonyl (C=O) groups is 1. The van der Waals surface area contributed by atoms with Crippen LogP contribution in [0.5, 0.6) is 5.75 Å². The highest BCUT2D eigenvalue weighted by Crippen LogP contribution is 2.23. The van der Waals surface area contributed by atoms with Crippen molar-refractivity contribution in [1.82, 2.24) is 9.97 Å². The molecule has 0 atom stereocenters. The quantitative estimate of drug-likeness (QED) is 0.528. The summed E-state index contributed by atoms with van der Waals surface area (Å²) in [5, 5.41) is 1.72. The monoisotopic (exact) mass is 268 g/mol. The summed E-state index contributed by atoms with van der Waals surface area (Å²) in [6, 6.07) is 9.28. The zero-order chi connectivity index (χ0) is 14.1. The van der Waals surface area contributed by atoms with Gasteiger partial charge in [0.1, 0.15) is 5.75 Å². The fraction of sp³-hybridized carbons (Fsp3) is 0.133. The molecule has 0 N–H and O–H groups in total. The molecule has 0 aliphatic rings. The van der Waals surface area contributed by atoms with E-state index in [9.17, 15) is 4.79 Å². The van der Waals surface area contributed by atoms with E-state index in [-0.39, 0.29) is 0 Å². The number of nitrogens with zero attached hydrogens (tertiary/aromatic N) is 2. The molecule has 0 saturated carbocycles. The van der Waals surface area contributed by atoms with Gasteiger partial charge in [-0.05, 0) is 30.3 Å². The lowest BCUT2D eigenvalue weighted by molar-refractivity contribution is 0.0600. The van der Waals surface area contributed by atoms with Crippen LogP contribution in [-0.2, 0) is 4.74 Å². The Morgan fingerprint density at radius 1 is 1.10 bits per heavy atom. The molecule has 0 spiro atoms. The Labute approximate surface area is 115 Å². The van der Waals surface area contributed by atoms with Gasteiger partial charge in [-0.15, -0.1) is 0 Å². The Morgan fingerprint density at radius 3 is 2.70 bits per heavy atom. The van der Waals surface area contributed by atoms with E-state index in [1.165, 1.54) is 13.3 Å². The summed E-state index contributed by atoms with van der Waals surface area (Å²) in [4.78, 5) is 20.2. The molecule has 3 rings (SSSR count). The molecule has 0 aliphatic carbocycles. The van der Waals surface area contributed by atoms with Crippen molar-refractivity contribution in [2.75, 3.05) is 14.2 Å². The third-order valence-electron chi connectivity index (χ3n) is 3.09. The Bertz CT molecular complexity index is 815. The number of ether oxygens (including phenoxy) is 2. The van der Waals surface area contributed by atoms with E-state index in [2.05, 4.69) is 14.7 Å². The lowest BCUT2D eigenvalue weighted by Crippen LogP contribution is -2.02. The van der Waals surface area contributed by atoms with Gasteiger partial charge in [0.25, 0.3) is 0 Å². The molecular weight excluding hydrogens is 256 g/mol. The standard InChI is InChI=1S/C15H12N2O3/c1-19-12-3-4-13-9(7-12)5-10-6-11(15(18)20-2)8-16-14(10)17-13/h3-8H,1-2H3. The van der Waals surface area contributed by atoms with Crippen LogP contribution in [-0.4, -0.2) is 30.2 Å². The molecule has 0 saturated heterocycles. The van der Waals surface area contributed by atoms with Gasteiger partial charge in [0.2, 0.25) is 0 Å². The molecule has 1 aromatic carbocycles. The number of carbonyl (C=O) groups excluding carboxylic acids is 1. The van der Waals surface area contributed by atoms with E-state index in [1.807, 2.05) is 24.3 Å². The zero-order valence-corrected chi connectivity index (χ0v) is 11.1. The highest BCUT2D eigenvalue weighted by molar-refractivity contribution is 5.96. The van der Waals surface area contributed by atoms with Crippen molar-refractivity contribution >= 4 is 27.9 Å². The van der Waals surface area contributed by atoms with Crippen LogP contribution in [0.3, 0.4) is 0 Å². The molecule has 5 nitrogen and oxygen atoms in total. The molecule has 0 bridgehead atoms. The first-order valence-electron chi connectivity index (χ1n) is 6.04. The zero-order valence-electron chi connectivity index (χ0n) is 11.1. The van der Waals surface area contributed by atoms with E-state index in [0.717, 1.165) is 22.0 Å². The lowest BCUT2D eigenvalue weighted by atomic mass is 10.1. The molecule has 20 heavy (non-hydrogen) atoms. The second-order valence-electron chi connectivity index (χ2n) is 4.31. The number of fused-ring (bicyclic) bond motifs is 2. The average Bonchev–Trinajstić information content (AvgIpc) is 2.50. The van der Waals surface area contributed by atoms with Crippen molar-refractivity contribution in [1.29, 1.82) is 0 Å². The molecule has 0 fully saturated rings. The predicted octanol–water partition coefficient (Wildman–Crippen LogP) is 2.58. The maximum absolute atomic E-state index is 11.5. The van der Waals surface area contributed by atoms with E-state index in [4.69, 9.17) is 4.74 Å². The largest absolute Gasteiger partial charge is 0.497 e.